The number of morpholine rings is 1. The summed E-state index contributed by atoms with van der Waals surface area (Å²) >= 11 is 0. The molecule has 0 bridgehead atoms. The molecule has 6 nitrogen and oxygen atoms in total. The zero-order valence-electron chi connectivity index (χ0n) is 19.3. The molecule has 1 aromatic carbocycles. The number of aliphatic imine (C=N–C) groups is 1. The van der Waals surface area contributed by atoms with Crippen LogP contribution in [0.1, 0.15) is 37.3 Å². The molecule has 0 saturated carbocycles. The first kappa shape index (κ1) is 24.7. The summed E-state index contributed by atoms with van der Waals surface area (Å²) in [7, 11) is 1.90. The molecule has 1 unspecified atom stereocenters. The van der Waals surface area contributed by atoms with Crippen LogP contribution in [-0.4, -0.2) is 86.2 Å². The molecule has 3 saturated heterocycles. The Bertz CT molecular complexity index is 684. The van der Waals surface area contributed by atoms with Crippen LogP contribution in [0.2, 0.25) is 0 Å². The van der Waals surface area contributed by atoms with E-state index in [1.165, 1.54) is 43.5 Å². The number of rotatable bonds is 5. The van der Waals surface area contributed by atoms with Crippen molar-refractivity contribution >= 4 is 29.9 Å². The van der Waals surface area contributed by atoms with Gasteiger partial charge < -0.3 is 15.0 Å². The highest BCUT2D eigenvalue weighted by Crippen LogP contribution is 2.19. The molecule has 3 aliphatic heterocycles. The molecular formula is C24H40IN5O. The van der Waals surface area contributed by atoms with Crippen molar-refractivity contribution in [3.8, 4) is 0 Å². The van der Waals surface area contributed by atoms with Crippen LogP contribution in [-0.2, 0) is 17.8 Å². The molecule has 1 N–H and O–H groups in total. The maximum absolute atomic E-state index is 5.50. The molecular weight excluding hydrogens is 501 g/mol. The summed E-state index contributed by atoms with van der Waals surface area (Å²) in [6, 6.07) is 9.75. The lowest BCUT2D eigenvalue weighted by molar-refractivity contribution is 0.0195. The Balaban J connectivity index is 0.00000272. The van der Waals surface area contributed by atoms with Gasteiger partial charge in [-0.05, 0) is 49.4 Å². The van der Waals surface area contributed by atoms with E-state index in [1.54, 1.807) is 0 Å². The normalized spacial score (nSPS) is 24.3. The Morgan fingerprint density at radius 3 is 2.35 bits per heavy atom. The largest absolute Gasteiger partial charge is 0.379 e. The van der Waals surface area contributed by atoms with Crippen molar-refractivity contribution in [2.45, 2.75) is 45.3 Å². The highest BCUT2D eigenvalue weighted by molar-refractivity contribution is 14.0. The zero-order chi connectivity index (χ0) is 20.8. The Morgan fingerprint density at radius 1 is 1.00 bits per heavy atom. The third-order valence-corrected chi connectivity index (χ3v) is 6.99. The molecule has 0 aromatic heterocycles. The highest BCUT2D eigenvalue weighted by Gasteiger charge is 2.30. The first-order valence-corrected chi connectivity index (χ1v) is 11.8. The molecule has 1 aromatic rings. The predicted octanol–water partition coefficient (Wildman–Crippen LogP) is 3.02. The van der Waals surface area contributed by atoms with Gasteiger partial charge in [-0.25, -0.2) is 0 Å². The Labute approximate surface area is 205 Å². The van der Waals surface area contributed by atoms with Crippen LogP contribution in [0.5, 0.6) is 0 Å². The van der Waals surface area contributed by atoms with Gasteiger partial charge in [0.25, 0.3) is 0 Å². The van der Waals surface area contributed by atoms with Crippen LogP contribution in [0.3, 0.4) is 0 Å². The molecule has 7 heteroatoms. The number of piperidine rings is 1. The second kappa shape index (κ2) is 12.4. The van der Waals surface area contributed by atoms with Crippen LogP contribution < -0.4 is 5.32 Å². The van der Waals surface area contributed by atoms with E-state index in [1.807, 2.05) is 7.05 Å². The average Bonchev–Trinajstić information content (AvgIpc) is 3.28. The van der Waals surface area contributed by atoms with Gasteiger partial charge in [-0.1, -0.05) is 31.2 Å². The summed E-state index contributed by atoms with van der Waals surface area (Å²) in [5.74, 6) is 1.92. The van der Waals surface area contributed by atoms with Gasteiger partial charge in [0.15, 0.2) is 5.96 Å². The summed E-state index contributed by atoms with van der Waals surface area (Å²) in [5, 5.41) is 3.58. The van der Waals surface area contributed by atoms with E-state index in [9.17, 15) is 0 Å². The number of nitrogens with zero attached hydrogens (tertiary/aromatic N) is 4. The molecule has 1 atom stereocenters. The monoisotopic (exact) mass is 541 g/mol. The summed E-state index contributed by atoms with van der Waals surface area (Å²) in [5.41, 5.74) is 2.74. The van der Waals surface area contributed by atoms with Gasteiger partial charge in [-0.2, -0.15) is 0 Å². The summed E-state index contributed by atoms with van der Waals surface area (Å²) in [4.78, 5) is 12.1. The molecule has 3 aliphatic rings. The van der Waals surface area contributed by atoms with Crippen molar-refractivity contribution in [3.05, 3.63) is 35.4 Å². The van der Waals surface area contributed by atoms with Gasteiger partial charge in [0.1, 0.15) is 0 Å². The SMILES string of the molecule is CN=C(NCc1ccc(CN2CCC(C)CC2)cc1)N1CCC(N2CCOCC2)C1.I. The maximum atomic E-state index is 5.50. The van der Waals surface area contributed by atoms with E-state index in [0.29, 0.717) is 6.04 Å². The standard InChI is InChI=1S/C24H39N5O.HI/c1-20-7-10-27(11-8-20)18-22-5-3-21(4-6-22)17-26-24(25-2)29-12-9-23(19-29)28-13-15-30-16-14-28;/h3-6,20,23H,7-19H2,1-2H3,(H,25,26);1H. The van der Waals surface area contributed by atoms with E-state index in [-0.39, 0.29) is 24.0 Å². The van der Waals surface area contributed by atoms with Gasteiger partial charge in [0, 0.05) is 52.4 Å². The lowest BCUT2D eigenvalue weighted by Gasteiger charge is -2.32. The van der Waals surface area contributed by atoms with Crippen molar-refractivity contribution in [2.24, 2.45) is 10.9 Å². The van der Waals surface area contributed by atoms with Gasteiger partial charge in [0.05, 0.1) is 13.2 Å². The number of likely N-dealkylation sites (tertiary alicyclic amines) is 2. The molecule has 0 spiro atoms. The predicted molar refractivity (Wildman–Crippen MR) is 138 cm³/mol. The lowest BCUT2D eigenvalue weighted by Crippen LogP contribution is -2.46. The van der Waals surface area contributed by atoms with Crippen molar-refractivity contribution < 1.29 is 4.74 Å². The molecule has 3 fully saturated rings. The van der Waals surface area contributed by atoms with Gasteiger partial charge in [-0.15, -0.1) is 24.0 Å². The number of benzene rings is 1. The molecule has 3 heterocycles. The number of hydrogen-bond acceptors (Lipinski definition) is 4. The zero-order valence-corrected chi connectivity index (χ0v) is 21.6. The third-order valence-electron chi connectivity index (χ3n) is 6.99. The fourth-order valence-electron chi connectivity index (χ4n) is 4.93. The molecule has 0 aliphatic carbocycles. The van der Waals surface area contributed by atoms with Crippen molar-refractivity contribution in [2.75, 3.05) is 59.5 Å². The van der Waals surface area contributed by atoms with Crippen LogP contribution >= 0.6 is 24.0 Å². The number of halogens is 1. The number of ether oxygens (including phenoxy) is 1. The van der Waals surface area contributed by atoms with Crippen LogP contribution in [0.25, 0.3) is 0 Å². The molecule has 31 heavy (non-hydrogen) atoms. The maximum Gasteiger partial charge on any atom is 0.193 e. The van der Waals surface area contributed by atoms with Crippen molar-refractivity contribution in [1.82, 2.24) is 20.0 Å². The van der Waals surface area contributed by atoms with E-state index in [4.69, 9.17) is 4.74 Å². The van der Waals surface area contributed by atoms with Crippen molar-refractivity contribution in [3.63, 3.8) is 0 Å². The summed E-state index contributed by atoms with van der Waals surface area (Å²) < 4.78 is 5.50. The van der Waals surface area contributed by atoms with Crippen molar-refractivity contribution in [1.29, 1.82) is 0 Å². The number of hydrogen-bond donors (Lipinski definition) is 1. The highest BCUT2D eigenvalue weighted by atomic mass is 127. The summed E-state index contributed by atoms with van der Waals surface area (Å²) in [6.45, 7) is 12.8. The minimum atomic E-state index is 0. The van der Waals surface area contributed by atoms with Crippen LogP contribution in [0.15, 0.2) is 29.3 Å². The second-order valence-corrected chi connectivity index (χ2v) is 9.21. The van der Waals surface area contributed by atoms with Crippen LogP contribution in [0, 0.1) is 5.92 Å². The second-order valence-electron chi connectivity index (χ2n) is 9.21. The minimum absolute atomic E-state index is 0. The third kappa shape index (κ3) is 7.04. The molecule has 0 amide bonds. The quantitative estimate of drug-likeness (QED) is 0.353. The van der Waals surface area contributed by atoms with Gasteiger partial charge in [-0.3, -0.25) is 14.8 Å². The Kier molecular flexibility index (Phi) is 9.87. The summed E-state index contributed by atoms with van der Waals surface area (Å²) in [6.07, 6.45) is 3.89. The Morgan fingerprint density at radius 2 is 1.68 bits per heavy atom. The topological polar surface area (TPSA) is 43.3 Å². The van der Waals surface area contributed by atoms with E-state index in [0.717, 1.165) is 64.4 Å². The van der Waals surface area contributed by atoms with E-state index < -0.39 is 0 Å². The lowest BCUT2D eigenvalue weighted by atomic mass is 9.99. The first-order chi connectivity index (χ1) is 14.7. The molecule has 0 radical (unpaired) electrons. The molecule has 174 valence electrons. The minimum Gasteiger partial charge on any atom is -0.379 e. The molecule has 4 rings (SSSR count). The Hall–Kier alpha value is -0.900. The van der Waals surface area contributed by atoms with Gasteiger partial charge in [0.2, 0.25) is 0 Å². The number of guanidine groups is 1. The van der Waals surface area contributed by atoms with E-state index in [2.05, 4.69) is 56.2 Å². The average molecular weight is 542 g/mol. The fourth-order valence-corrected chi connectivity index (χ4v) is 4.93. The first-order valence-electron chi connectivity index (χ1n) is 11.8. The fraction of sp³-hybridized carbons (Fsp3) is 0.708. The van der Waals surface area contributed by atoms with Gasteiger partial charge >= 0.3 is 0 Å². The van der Waals surface area contributed by atoms with E-state index >= 15 is 0 Å². The smallest absolute Gasteiger partial charge is 0.193 e. The number of nitrogens with one attached hydrogen (secondary N) is 1. The van der Waals surface area contributed by atoms with Crippen LogP contribution in [0.4, 0.5) is 0 Å².